The summed E-state index contributed by atoms with van der Waals surface area (Å²) >= 11 is 0. The summed E-state index contributed by atoms with van der Waals surface area (Å²) < 4.78 is 39.1. The quantitative estimate of drug-likeness (QED) is 0.541. The van der Waals surface area contributed by atoms with Crippen LogP contribution in [0.25, 0.3) is 0 Å². The molecule has 218 valence electrons. The van der Waals surface area contributed by atoms with Crippen LogP contribution in [-0.2, 0) is 34.5 Å². The van der Waals surface area contributed by atoms with Crippen LogP contribution in [0.4, 0.5) is 13.2 Å². The molecule has 11 heteroatoms. The molecule has 2 aromatic rings. The molecular formula is C30H33F3N4O4. The maximum absolute atomic E-state index is 13.2. The van der Waals surface area contributed by atoms with Gasteiger partial charge in [-0.3, -0.25) is 29.6 Å². The van der Waals surface area contributed by atoms with Gasteiger partial charge in [0.25, 0.3) is 5.91 Å². The lowest BCUT2D eigenvalue weighted by Crippen LogP contribution is -2.59. The predicted molar refractivity (Wildman–Crippen MR) is 141 cm³/mol. The number of halogens is 3. The van der Waals surface area contributed by atoms with Gasteiger partial charge >= 0.3 is 6.18 Å². The predicted octanol–water partition coefficient (Wildman–Crippen LogP) is 3.91. The number of amides is 3. The van der Waals surface area contributed by atoms with Gasteiger partial charge < -0.3 is 10.0 Å². The van der Waals surface area contributed by atoms with Crippen molar-refractivity contribution in [1.82, 2.24) is 20.1 Å². The van der Waals surface area contributed by atoms with Gasteiger partial charge in [-0.2, -0.15) is 13.2 Å². The van der Waals surface area contributed by atoms with E-state index in [-0.39, 0.29) is 31.2 Å². The Bertz CT molecular complexity index is 1370. The standard InChI is InChI=1S/C30H33F3N4O4/c31-30(32,33)20-6-4-19(5-7-20)16-36-15-14-29(41,28(18-36)12-2-1-3-13-28)24-10-8-21-22(34-24)17-37(27(21)40)23-9-11-25(38)35-26(23)39/h4-8,10,23,41H,1-3,9,11-18H2,(H,35,38,39)/t23-,29-/m0/s1. The number of piperidine rings is 2. The van der Waals surface area contributed by atoms with Crippen LogP contribution < -0.4 is 5.32 Å². The number of rotatable bonds is 4. The molecule has 2 N–H and O–H groups in total. The van der Waals surface area contributed by atoms with E-state index >= 15 is 0 Å². The lowest BCUT2D eigenvalue weighted by atomic mass is 9.59. The molecule has 2 saturated heterocycles. The maximum atomic E-state index is 13.2. The van der Waals surface area contributed by atoms with Crippen molar-refractivity contribution in [1.29, 1.82) is 0 Å². The van der Waals surface area contributed by atoms with Crippen molar-refractivity contribution in [3.8, 4) is 0 Å². The van der Waals surface area contributed by atoms with Crippen LogP contribution >= 0.6 is 0 Å². The average Bonchev–Trinajstić information content (AvgIpc) is 3.26. The van der Waals surface area contributed by atoms with Crippen LogP contribution in [0.2, 0.25) is 0 Å². The number of carbonyl (C=O) groups excluding carboxylic acids is 3. The Morgan fingerprint density at radius 3 is 2.41 bits per heavy atom. The molecular weight excluding hydrogens is 537 g/mol. The largest absolute Gasteiger partial charge is 0.416 e. The molecule has 41 heavy (non-hydrogen) atoms. The van der Waals surface area contributed by atoms with E-state index in [9.17, 15) is 32.7 Å². The molecule has 1 aliphatic carbocycles. The number of benzene rings is 1. The first-order valence-corrected chi connectivity index (χ1v) is 14.3. The van der Waals surface area contributed by atoms with Crippen molar-refractivity contribution < 1.29 is 32.7 Å². The minimum atomic E-state index is -4.38. The number of fused-ring (bicyclic) bond motifs is 1. The van der Waals surface area contributed by atoms with E-state index < -0.39 is 34.7 Å². The average molecular weight is 571 g/mol. The minimum Gasteiger partial charge on any atom is -0.383 e. The molecule has 1 aromatic carbocycles. The van der Waals surface area contributed by atoms with Crippen molar-refractivity contribution in [3.05, 3.63) is 64.5 Å². The van der Waals surface area contributed by atoms with Crippen LogP contribution in [-0.4, -0.2) is 56.7 Å². The third-order valence-electron chi connectivity index (χ3n) is 9.49. The summed E-state index contributed by atoms with van der Waals surface area (Å²) in [4.78, 5) is 45.7. The minimum absolute atomic E-state index is 0.136. The highest BCUT2D eigenvalue weighted by atomic mass is 19.4. The van der Waals surface area contributed by atoms with E-state index in [1.807, 2.05) is 0 Å². The lowest BCUT2D eigenvalue weighted by molar-refractivity contribution is -0.162. The number of aliphatic hydroxyl groups is 1. The molecule has 3 amide bonds. The summed E-state index contributed by atoms with van der Waals surface area (Å²) in [5.74, 6) is -1.14. The van der Waals surface area contributed by atoms with Crippen molar-refractivity contribution in [2.24, 2.45) is 5.41 Å². The van der Waals surface area contributed by atoms with E-state index in [2.05, 4.69) is 10.2 Å². The van der Waals surface area contributed by atoms with Gasteiger partial charge in [0.1, 0.15) is 11.6 Å². The Balaban J connectivity index is 1.24. The van der Waals surface area contributed by atoms with E-state index in [1.165, 1.54) is 17.0 Å². The SMILES string of the molecule is O=C1CC[C@H](N2Cc3nc([C@@]4(O)CCN(Cc5ccc(C(F)(F)F)cc5)CC45CCCCC5)ccc3C2=O)C(=O)N1. The molecule has 1 spiro atoms. The number of aromatic nitrogens is 1. The first-order valence-electron chi connectivity index (χ1n) is 14.3. The van der Waals surface area contributed by atoms with Crippen LogP contribution in [0, 0.1) is 5.41 Å². The number of nitrogens with one attached hydrogen (secondary N) is 1. The molecule has 1 saturated carbocycles. The number of imide groups is 1. The van der Waals surface area contributed by atoms with Crippen LogP contribution in [0.5, 0.6) is 0 Å². The number of likely N-dealkylation sites (tertiary alicyclic amines) is 1. The molecule has 4 aliphatic rings. The molecule has 3 fully saturated rings. The Labute approximate surface area is 235 Å². The summed E-state index contributed by atoms with van der Waals surface area (Å²) in [5.41, 5.74) is -0.159. The van der Waals surface area contributed by atoms with Crippen LogP contribution in [0.1, 0.15) is 84.2 Å². The first kappa shape index (κ1) is 27.8. The molecule has 6 rings (SSSR count). The Morgan fingerprint density at radius 2 is 1.73 bits per heavy atom. The first-order chi connectivity index (χ1) is 19.5. The second-order valence-corrected chi connectivity index (χ2v) is 11.9. The van der Waals surface area contributed by atoms with Crippen molar-refractivity contribution in [2.45, 2.75) is 82.3 Å². The highest BCUT2D eigenvalue weighted by molar-refractivity contribution is 6.05. The van der Waals surface area contributed by atoms with Gasteiger partial charge in [0, 0.05) is 31.5 Å². The van der Waals surface area contributed by atoms with E-state index in [0.29, 0.717) is 43.0 Å². The summed E-state index contributed by atoms with van der Waals surface area (Å²) in [6.45, 7) is 1.75. The summed E-state index contributed by atoms with van der Waals surface area (Å²) in [7, 11) is 0. The van der Waals surface area contributed by atoms with Gasteiger partial charge in [-0.25, -0.2) is 0 Å². The maximum Gasteiger partial charge on any atom is 0.416 e. The number of nitrogens with zero attached hydrogens (tertiary/aromatic N) is 3. The fourth-order valence-corrected chi connectivity index (χ4v) is 7.28. The Hall–Kier alpha value is -3.31. The summed E-state index contributed by atoms with van der Waals surface area (Å²) in [6, 6.07) is 7.94. The van der Waals surface area contributed by atoms with Crippen molar-refractivity contribution in [3.63, 3.8) is 0 Å². The fraction of sp³-hybridized carbons (Fsp3) is 0.533. The Kier molecular flexibility index (Phi) is 6.93. The molecule has 1 aromatic heterocycles. The second kappa shape index (κ2) is 10.2. The van der Waals surface area contributed by atoms with Gasteiger partial charge in [0.2, 0.25) is 11.8 Å². The molecule has 2 atom stereocenters. The van der Waals surface area contributed by atoms with Crippen molar-refractivity contribution in [2.75, 3.05) is 13.1 Å². The van der Waals surface area contributed by atoms with Gasteiger partial charge in [-0.1, -0.05) is 31.4 Å². The summed E-state index contributed by atoms with van der Waals surface area (Å²) in [6.07, 6.45) is 1.05. The smallest absolute Gasteiger partial charge is 0.383 e. The van der Waals surface area contributed by atoms with E-state index in [1.54, 1.807) is 12.1 Å². The topological polar surface area (TPSA) is 103 Å². The highest BCUT2D eigenvalue weighted by Crippen LogP contribution is 2.54. The number of hydrogen-bond donors (Lipinski definition) is 2. The van der Waals surface area contributed by atoms with Gasteiger partial charge in [-0.15, -0.1) is 0 Å². The normalized spacial score (nSPS) is 26.8. The van der Waals surface area contributed by atoms with Gasteiger partial charge in [0.15, 0.2) is 0 Å². The zero-order chi connectivity index (χ0) is 29.0. The monoisotopic (exact) mass is 570 g/mol. The van der Waals surface area contributed by atoms with E-state index in [4.69, 9.17) is 4.98 Å². The molecule has 0 bridgehead atoms. The zero-order valence-electron chi connectivity index (χ0n) is 22.7. The van der Waals surface area contributed by atoms with Crippen LogP contribution in [0.15, 0.2) is 36.4 Å². The number of pyridine rings is 1. The van der Waals surface area contributed by atoms with Crippen molar-refractivity contribution >= 4 is 17.7 Å². The molecule has 0 radical (unpaired) electrons. The summed E-state index contributed by atoms with van der Waals surface area (Å²) in [5, 5.41) is 14.7. The lowest BCUT2D eigenvalue weighted by Gasteiger charge is -2.55. The third-order valence-corrected chi connectivity index (χ3v) is 9.49. The van der Waals surface area contributed by atoms with E-state index in [0.717, 1.165) is 49.8 Å². The number of hydrogen-bond acceptors (Lipinski definition) is 6. The fourth-order valence-electron chi connectivity index (χ4n) is 7.28. The zero-order valence-corrected chi connectivity index (χ0v) is 22.7. The number of alkyl halides is 3. The molecule has 4 heterocycles. The second-order valence-electron chi connectivity index (χ2n) is 11.9. The highest BCUT2D eigenvalue weighted by Gasteiger charge is 2.56. The molecule has 3 aliphatic heterocycles. The molecule has 0 unspecified atom stereocenters. The third kappa shape index (κ3) is 4.92. The van der Waals surface area contributed by atoms with Gasteiger partial charge in [-0.05, 0) is 55.5 Å². The van der Waals surface area contributed by atoms with Crippen LogP contribution in [0.3, 0.4) is 0 Å². The van der Waals surface area contributed by atoms with Gasteiger partial charge in [0.05, 0.1) is 29.1 Å². The molecule has 8 nitrogen and oxygen atoms in total. The number of carbonyl (C=O) groups is 3. The Morgan fingerprint density at radius 1 is 1.00 bits per heavy atom.